The maximum absolute atomic E-state index is 12.4. The second-order valence-electron chi connectivity index (χ2n) is 5.80. The van der Waals surface area contributed by atoms with Gasteiger partial charge in [0, 0.05) is 5.69 Å². The lowest BCUT2D eigenvalue weighted by atomic mass is 10.0. The van der Waals surface area contributed by atoms with E-state index in [0.29, 0.717) is 6.42 Å². The molecular formula is C20H16N4O. The number of hydrogen-bond donors (Lipinski definition) is 1. The Morgan fingerprint density at radius 1 is 0.960 bits per heavy atom. The lowest BCUT2D eigenvalue weighted by Crippen LogP contribution is -2.14. The molecule has 4 rings (SSSR count). The zero-order valence-corrected chi connectivity index (χ0v) is 13.5. The minimum absolute atomic E-state index is 0.0500. The third-order valence-corrected chi connectivity index (χ3v) is 4.00. The van der Waals surface area contributed by atoms with Crippen LogP contribution < -0.4 is 5.32 Å². The smallest absolute Gasteiger partial charge is 0.228 e. The summed E-state index contributed by atoms with van der Waals surface area (Å²) in [6.45, 7) is 0. The van der Waals surface area contributed by atoms with Crippen molar-refractivity contribution < 1.29 is 4.79 Å². The van der Waals surface area contributed by atoms with Gasteiger partial charge in [-0.3, -0.25) is 4.79 Å². The zero-order chi connectivity index (χ0) is 17.1. The molecule has 0 aliphatic carbocycles. The van der Waals surface area contributed by atoms with Gasteiger partial charge in [0.1, 0.15) is 0 Å². The minimum atomic E-state index is -0.0500. The Bertz CT molecular complexity index is 1020. The summed E-state index contributed by atoms with van der Waals surface area (Å²) < 4.78 is 1.65. The van der Waals surface area contributed by atoms with Crippen LogP contribution in [-0.4, -0.2) is 20.9 Å². The first-order valence-corrected chi connectivity index (χ1v) is 8.02. The van der Waals surface area contributed by atoms with Crippen molar-refractivity contribution in [3.05, 3.63) is 84.7 Å². The summed E-state index contributed by atoms with van der Waals surface area (Å²) in [5, 5.41) is 13.0. The quantitative estimate of drug-likeness (QED) is 0.622. The molecular weight excluding hydrogens is 312 g/mol. The highest BCUT2D eigenvalue weighted by Crippen LogP contribution is 2.17. The van der Waals surface area contributed by atoms with Crippen molar-refractivity contribution in [3.63, 3.8) is 0 Å². The van der Waals surface area contributed by atoms with Gasteiger partial charge in [0.05, 0.1) is 24.5 Å². The topological polar surface area (TPSA) is 59.8 Å². The van der Waals surface area contributed by atoms with Crippen LogP contribution in [0.3, 0.4) is 0 Å². The van der Waals surface area contributed by atoms with Crippen molar-refractivity contribution in [1.29, 1.82) is 0 Å². The summed E-state index contributed by atoms with van der Waals surface area (Å²) in [6, 6.07) is 21.7. The number of rotatable bonds is 4. The molecule has 0 bridgehead atoms. The van der Waals surface area contributed by atoms with E-state index in [0.717, 1.165) is 22.3 Å². The van der Waals surface area contributed by atoms with E-state index < -0.39 is 0 Å². The Kier molecular flexibility index (Phi) is 3.96. The van der Waals surface area contributed by atoms with E-state index in [1.807, 2.05) is 48.5 Å². The third kappa shape index (κ3) is 3.40. The van der Waals surface area contributed by atoms with Gasteiger partial charge in [0.15, 0.2) is 0 Å². The van der Waals surface area contributed by atoms with E-state index in [4.69, 9.17) is 0 Å². The number of nitrogens with one attached hydrogen (secondary N) is 1. The van der Waals surface area contributed by atoms with Crippen LogP contribution in [0.1, 0.15) is 5.56 Å². The number of nitrogens with zero attached hydrogens (tertiary/aromatic N) is 3. The van der Waals surface area contributed by atoms with Crippen LogP contribution >= 0.6 is 0 Å². The Morgan fingerprint density at radius 3 is 2.68 bits per heavy atom. The molecule has 1 N–H and O–H groups in total. The average molecular weight is 328 g/mol. The Balaban J connectivity index is 1.49. The third-order valence-electron chi connectivity index (χ3n) is 4.00. The zero-order valence-electron chi connectivity index (χ0n) is 13.5. The van der Waals surface area contributed by atoms with E-state index in [9.17, 15) is 4.79 Å². The SMILES string of the molecule is O=C(Cc1ccc2ccccc2c1)Nc1cccc(-n2ccnn2)c1. The van der Waals surface area contributed by atoms with Gasteiger partial charge < -0.3 is 5.32 Å². The molecule has 0 saturated carbocycles. The Morgan fingerprint density at radius 2 is 1.84 bits per heavy atom. The molecule has 25 heavy (non-hydrogen) atoms. The van der Waals surface area contributed by atoms with Gasteiger partial charge in [-0.1, -0.05) is 53.7 Å². The second-order valence-corrected chi connectivity index (χ2v) is 5.80. The van der Waals surface area contributed by atoms with Crippen molar-refractivity contribution >= 4 is 22.4 Å². The number of carbonyl (C=O) groups excluding carboxylic acids is 1. The van der Waals surface area contributed by atoms with Gasteiger partial charge in [0.2, 0.25) is 5.91 Å². The first-order chi connectivity index (χ1) is 12.3. The molecule has 5 heteroatoms. The van der Waals surface area contributed by atoms with E-state index in [-0.39, 0.29) is 5.91 Å². The number of benzene rings is 3. The van der Waals surface area contributed by atoms with Crippen LogP contribution in [0.4, 0.5) is 5.69 Å². The lowest BCUT2D eigenvalue weighted by molar-refractivity contribution is -0.115. The van der Waals surface area contributed by atoms with Gasteiger partial charge >= 0.3 is 0 Å². The lowest BCUT2D eigenvalue weighted by Gasteiger charge is -2.08. The molecule has 1 aromatic heterocycles. The van der Waals surface area contributed by atoms with Gasteiger partial charge in [-0.15, -0.1) is 5.10 Å². The number of hydrogen-bond acceptors (Lipinski definition) is 3. The number of aromatic nitrogens is 3. The molecule has 0 unspecified atom stereocenters. The van der Waals surface area contributed by atoms with E-state index in [2.05, 4.69) is 33.8 Å². The molecule has 1 amide bonds. The van der Waals surface area contributed by atoms with Crippen LogP contribution in [-0.2, 0) is 11.2 Å². The highest BCUT2D eigenvalue weighted by Gasteiger charge is 2.06. The Hall–Kier alpha value is -3.47. The van der Waals surface area contributed by atoms with Crippen molar-refractivity contribution in [2.24, 2.45) is 0 Å². The number of amides is 1. The van der Waals surface area contributed by atoms with E-state index >= 15 is 0 Å². The standard InChI is InChI=1S/C20H16N4O/c25-20(13-15-8-9-16-4-1-2-5-17(16)12-15)22-18-6-3-7-19(14-18)24-11-10-21-23-24/h1-12,14H,13H2,(H,22,25). The molecule has 0 saturated heterocycles. The van der Waals surface area contributed by atoms with Gasteiger partial charge in [-0.05, 0) is 34.5 Å². The first kappa shape index (κ1) is 15.1. The molecule has 0 spiro atoms. The molecule has 0 fully saturated rings. The molecule has 1 heterocycles. The number of fused-ring (bicyclic) bond motifs is 1. The molecule has 0 aliphatic heterocycles. The molecule has 0 aliphatic rings. The van der Waals surface area contributed by atoms with Crippen LogP contribution in [0.25, 0.3) is 16.5 Å². The molecule has 0 atom stereocenters. The monoisotopic (exact) mass is 328 g/mol. The molecule has 4 aromatic rings. The highest BCUT2D eigenvalue weighted by atomic mass is 16.1. The molecule has 0 radical (unpaired) electrons. The maximum atomic E-state index is 12.4. The minimum Gasteiger partial charge on any atom is -0.326 e. The fourth-order valence-corrected chi connectivity index (χ4v) is 2.81. The summed E-state index contributed by atoms with van der Waals surface area (Å²) >= 11 is 0. The summed E-state index contributed by atoms with van der Waals surface area (Å²) in [5.41, 5.74) is 2.57. The first-order valence-electron chi connectivity index (χ1n) is 8.02. The van der Waals surface area contributed by atoms with Crippen molar-refractivity contribution in [2.45, 2.75) is 6.42 Å². The maximum Gasteiger partial charge on any atom is 0.228 e. The van der Waals surface area contributed by atoms with Gasteiger partial charge in [-0.2, -0.15) is 0 Å². The van der Waals surface area contributed by atoms with Crippen molar-refractivity contribution in [1.82, 2.24) is 15.0 Å². The van der Waals surface area contributed by atoms with Gasteiger partial charge in [-0.25, -0.2) is 4.68 Å². The molecule has 5 nitrogen and oxygen atoms in total. The van der Waals surface area contributed by atoms with E-state index in [1.54, 1.807) is 17.1 Å². The second kappa shape index (κ2) is 6.57. The molecule has 122 valence electrons. The predicted molar refractivity (Wildman–Crippen MR) is 97.6 cm³/mol. The predicted octanol–water partition coefficient (Wildman–Crippen LogP) is 3.60. The Labute approximate surface area is 144 Å². The summed E-state index contributed by atoms with van der Waals surface area (Å²) in [7, 11) is 0. The van der Waals surface area contributed by atoms with Crippen LogP contribution in [0, 0.1) is 0 Å². The average Bonchev–Trinajstić information content (AvgIpc) is 3.16. The van der Waals surface area contributed by atoms with Crippen LogP contribution in [0.2, 0.25) is 0 Å². The highest BCUT2D eigenvalue weighted by molar-refractivity contribution is 5.93. The van der Waals surface area contributed by atoms with Crippen LogP contribution in [0.5, 0.6) is 0 Å². The van der Waals surface area contributed by atoms with Crippen molar-refractivity contribution in [2.75, 3.05) is 5.32 Å². The summed E-state index contributed by atoms with van der Waals surface area (Å²) in [4.78, 5) is 12.4. The number of anilines is 1. The summed E-state index contributed by atoms with van der Waals surface area (Å²) in [6.07, 6.45) is 3.71. The summed E-state index contributed by atoms with van der Waals surface area (Å²) in [5.74, 6) is -0.0500. The fourth-order valence-electron chi connectivity index (χ4n) is 2.81. The number of carbonyl (C=O) groups is 1. The largest absolute Gasteiger partial charge is 0.326 e. The normalized spacial score (nSPS) is 10.7. The van der Waals surface area contributed by atoms with E-state index in [1.165, 1.54) is 5.39 Å². The molecule has 3 aromatic carbocycles. The van der Waals surface area contributed by atoms with Crippen molar-refractivity contribution in [3.8, 4) is 5.69 Å². The van der Waals surface area contributed by atoms with Gasteiger partial charge in [0.25, 0.3) is 0 Å². The van der Waals surface area contributed by atoms with Crippen LogP contribution in [0.15, 0.2) is 79.1 Å². The fraction of sp³-hybridized carbons (Fsp3) is 0.0500.